The summed E-state index contributed by atoms with van der Waals surface area (Å²) in [5.41, 5.74) is 0.130. The van der Waals surface area contributed by atoms with Crippen LogP contribution in [0.2, 0.25) is 0 Å². The van der Waals surface area contributed by atoms with Crippen LogP contribution in [0, 0.1) is 26.0 Å². The Balaban J connectivity index is 3.05. The zero-order valence-electron chi connectivity index (χ0n) is 8.94. The molecule has 0 spiro atoms. The number of rotatable bonds is 3. The first-order chi connectivity index (χ1) is 7.95. The Labute approximate surface area is 112 Å². The monoisotopic (exact) mass is 344 g/mol. The Morgan fingerprint density at radius 3 is 2.82 bits per heavy atom. The van der Waals surface area contributed by atoms with E-state index in [1.165, 1.54) is 18.2 Å². The van der Waals surface area contributed by atoms with Gasteiger partial charge in [0.05, 0.1) is 16.5 Å². The van der Waals surface area contributed by atoms with Crippen LogP contribution in [0.3, 0.4) is 0 Å². The van der Waals surface area contributed by atoms with Gasteiger partial charge in [0.25, 0.3) is 11.6 Å². The third kappa shape index (κ3) is 3.42. The Bertz CT molecular complexity index is 508. The lowest BCUT2D eigenvalue weighted by atomic mass is 10.2. The van der Waals surface area contributed by atoms with Crippen molar-refractivity contribution in [2.45, 2.75) is 13.0 Å². The van der Waals surface area contributed by atoms with Gasteiger partial charge in [0.15, 0.2) is 0 Å². The molecule has 0 aliphatic carbocycles. The van der Waals surface area contributed by atoms with Crippen molar-refractivity contribution in [2.75, 3.05) is 0 Å². The highest BCUT2D eigenvalue weighted by atomic mass is 127. The van der Waals surface area contributed by atoms with Crippen molar-refractivity contribution in [2.24, 2.45) is 0 Å². The molecule has 0 aliphatic heterocycles. The molecule has 1 rings (SSSR count). The molecular weight excluding hydrogens is 335 g/mol. The average molecular weight is 344 g/mol. The van der Waals surface area contributed by atoms with Gasteiger partial charge in [0, 0.05) is 15.7 Å². The minimum atomic E-state index is -0.544. The van der Waals surface area contributed by atoms with E-state index in [1.54, 1.807) is 6.92 Å². The lowest BCUT2D eigenvalue weighted by Crippen LogP contribution is -2.31. The number of amides is 1. The Hall–Kier alpha value is -1.62. The van der Waals surface area contributed by atoms with E-state index in [4.69, 9.17) is 6.42 Å². The summed E-state index contributed by atoms with van der Waals surface area (Å²) >= 11 is 1.94. The molecule has 0 radical (unpaired) electrons. The summed E-state index contributed by atoms with van der Waals surface area (Å²) in [6, 6.07) is 3.69. The number of benzene rings is 1. The molecule has 1 N–H and O–H groups in total. The summed E-state index contributed by atoms with van der Waals surface area (Å²) in [4.78, 5) is 21.8. The summed E-state index contributed by atoms with van der Waals surface area (Å²) in [6.07, 6.45) is 5.14. The number of terminal acetylenes is 1. The fourth-order valence-electron chi connectivity index (χ4n) is 1.12. The average Bonchev–Trinajstić information content (AvgIpc) is 2.28. The predicted molar refractivity (Wildman–Crippen MR) is 71.6 cm³/mol. The normalized spacial score (nSPS) is 11.4. The molecule has 0 aliphatic rings. The number of non-ortho nitro benzene ring substituents is 1. The van der Waals surface area contributed by atoms with E-state index in [0.29, 0.717) is 3.57 Å². The molecule has 17 heavy (non-hydrogen) atoms. The Morgan fingerprint density at radius 1 is 1.65 bits per heavy atom. The molecule has 0 bridgehead atoms. The molecule has 1 aromatic rings. The molecule has 0 saturated carbocycles. The highest BCUT2D eigenvalue weighted by Crippen LogP contribution is 2.19. The molecular formula is C11H9IN2O3. The van der Waals surface area contributed by atoms with Crippen molar-refractivity contribution in [3.8, 4) is 12.3 Å². The van der Waals surface area contributed by atoms with Gasteiger partial charge in [-0.1, -0.05) is 5.92 Å². The zero-order valence-corrected chi connectivity index (χ0v) is 11.1. The number of carbonyl (C=O) groups excluding carboxylic acids is 1. The van der Waals surface area contributed by atoms with Gasteiger partial charge >= 0.3 is 0 Å². The van der Waals surface area contributed by atoms with Crippen molar-refractivity contribution < 1.29 is 9.72 Å². The number of nitrogens with zero attached hydrogens (tertiary/aromatic N) is 1. The van der Waals surface area contributed by atoms with Crippen molar-refractivity contribution in [1.29, 1.82) is 0 Å². The first-order valence-electron chi connectivity index (χ1n) is 4.66. The van der Waals surface area contributed by atoms with Crippen molar-refractivity contribution in [1.82, 2.24) is 5.32 Å². The first kappa shape index (κ1) is 13.4. The maximum Gasteiger partial charge on any atom is 0.270 e. The topological polar surface area (TPSA) is 72.2 Å². The van der Waals surface area contributed by atoms with E-state index in [-0.39, 0.29) is 11.3 Å². The van der Waals surface area contributed by atoms with E-state index in [1.807, 2.05) is 22.6 Å². The van der Waals surface area contributed by atoms with Gasteiger partial charge in [-0.3, -0.25) is 14.9 Å². The van der Waals surface area contributed by atoms with Gasteiger partial charge < -0.3 is 5.32 Å². The molecule has 0 heterocycles. The largest absolute Gasteiger partial charge is 0.339 e. The second-order valence-electron chi connectivity index (χ2n) is 3.28. The summed E-state index contributed by atoms with van der Waals surface area (Å²) in [6.45, 7) is 1.65. The molecule has 1 atom stereocenters. The number of nitrogens with one attached hydrogen (secondary N) is 1. The first-order valence-corrected chi connectivity index (χ1v) is 5.74. The standard InChI is InChI=1S/C11H9IN2O3/c1-3-7(2)13-11(15)9-6-8(14(16)17)4-5-10(9)12/h1,4-7H,2H3,(H,13,15). The SMILES string of the molecule is C#CC(C)NC(=O)c1cc([N+](=O)[O-])ccc1I. The maximum absolute atomic E-state index is 11.8. The highest BCUT2D eigenvalue weighted by molar-refractivity contribution is 14.1. The summed E-state index contributed by atoms with van der Waals surface area (Å²) in [7, 11) is 0. The quantitative estimate of drug-likeness (QED) is 0.394. The van der Waals surface area contributed by atoms with Gasteiger partial charge in [-0.25, -0.2) is 0 Å². The maximum atomic E-state index is 11.8. The molecule has 88 valence electrons. The number of hydrogen-bond acceptors (Lipinski definition) is 3. The molecule has 1 amide bonds. The summed E-state index contributed by atoms with van der Waals surface area (Å²) < 4.78 is 0.634. The van der Waals surface area contributed by atoms with Gasteiger partial charge in [-0.2, -0.15) is 0 Å². The van der Waals surface area contributed by atoms with Crippen LogP contribution in [0.1, 0.15) is 17.3 Å². The van der Waals surface area contributed by atoms with Crippen LogP contribution < -0.4 is 5.32 Å². The van der Waals surface area contributed by atoms with E-state index < -0.39 is 16.9 Å². The highest BCUT2D eigenvalue weighted by Gasteiger charge is 2.16. The second kappa shape index (κ2) is 5.63. The van der Waals surface area contributed by atoms with Crippen LogP contribution in [0.5, 0.6) is 0 Å². The minimum Gasteiger partial charge on any atom is -0.339 e. The second-order valence-corrected chi connectivity index (χ2v) is 4.45. The molecule has 0 aromatic heterocycles. The van der Waals surface area contributed by atoms with Gasteiger partial charge in [0.2, 0.25) is 0 Å². The summed E-state index contributed by atoms with van der Waals surface area (Å²) in [5, 5.41) is 13.2. The molecule has 6 heteroatoms. The van der Waals surface area contributed by atoms with E-state index in [2.05, 4.69) is 11.2 Å². The van der Waals surface area contributed by atoms with Crippen molar-refractivity contribution in [3.05, 3.63) is 37.4 Å². The van der Waals surface area contributed by atoms with E-state index in [0.717, 1.165) is 0 Å². The fourth-order valence-corrected chi connectivity index (χ4v) is 1.70. The Morgan fingerprint density at radius 2 is 2.29 bits per heavy atom. The molecule has 1 unspecified atom stereocenters. The van der Waals surface area contributed by atoms with E-state index in [9.17, 15) is 14.9 Å². The predicted octanol–water partition coefficient (Wildman–Crippen LogP) is 1.95. The number of carbonyl (C=O) groups is 1. The minimum absolute atomic E-state index is 0.121. The molecule has 5 nitrogen and oxygen atoms in total. The molecule has 1 aromatic carbocycles. The third-order valence-electron chi connectivity index (χ3n) is 2.00. The third-order valence-corrected chi connectivity index (χ3v) is 2.94. The van der Waals surface area contributed by atoms with Crippen LogP contribution in [-0.2, 0) is 0 Å². The molecule has 0 saturated heterocycles. The van der Waals surface area contributed by atoms with Crippen LogP contribution in [0.25, 0.3) is 0 Å². The number of hydrogen-bond donors (Lipinski definition) is 1. The van der Waals surface area contributed by atoms with Crippen molar-refractivity contribution >= 4 is 34.2 Å². The smallest absolute Gasteiger partial charge is 0.270 e. The van der Waals surface area contributed by atoms with Crippen LogP contribution in [0.15, 0.2) is 18.2 Å². The van der Waals surface area contributed by atoms with Crippen molar-refractivity contribution in [3.63, 3.8) is 0 Å². The van der Waals surface area contributed by atoms with Crippen LogP contribution in [0.4, 0.5) is 5.69 Å². The number of halogens is 1. The van der Waals surface area contributed by atoms with Crippen LogP contribution in [-0.4, -0.2) is 16.9 Å². The van der Waals surface area contributed by atoms with Crippen LogP contribution >= 0.6 is 22.6 Å². The Kier molecular flexibility index (Phi) is 4.45. The lowest BCUT2D eigenvalue weighted by Gasteiger charge is -2.08. The molecule has 0 fully saturated rings. The number of nitro groups is 1. The zero-order chi connectivity index (χ0) is 13.0. The fraction of sp³-hybridized carbons (Fsp3) is 0.182. The summed E-state index contributed by atoms with van der Waals surface area (Å²) in [5.74, 6) is 1.94. The van der Waals surface area contributed by atoms with Gasteiger partial charge in [0.1, 0.15) is 0 Å². The lowest BCUT2D eigenvalue weighted by molar-refractivity contribution is -0.384. The number of nitro benzene ring substituents is 1. The van der Waals surface area contributed by atoms with E-state index >= 15 is 0 Å². The van der Waals surface area contributed by atoms with Gasteiger partial charge in [-0.15, -0.1) is 6.42 Å². The van der Waals surface area contributed by atoms with Gasteiger partial charge in [-0.05, 0) is 35.6 Å².